The third-order valence-electron chi connectivity index (χ3n) is 4.03. The number of nitrogens with one attached hydrogen (secondary N) is 3. The van der Waals surface area contributed by atoms with Crippen LogP contribution in [0.2, 0.25) is 0 Å². The number of aromatic nitrogens is 1. The first kappa shape index (κ1) is 18.5. The number of carbonyl (C=O) groups is 2. The second kappa shape index (κ2) is 7.99. The molecule has 0 saturated carbocycles. The molecule has 9 heteroatoms. The van der Waals surface area contributed by atoms with Crippen LogP contribution >= 0.6 is 23.1 Å². The van der Waals surface area contributed by atoms with Crippen LogP contribution in [0.25, 0.3) is 10.2 Å². The lowest BCUT2D eigenvalue weighted by Gasteiger charge is -2.07. The summed E-state index contributed by atoms with van der Waals surface area (Å²) in [5.41, 5.74) is 5.60. The molecule has 1 saturated heterocycles. The van der Waals surface area contributed by atoms with Crippen molar-refractivity contribution >= 4 is 61.1 Å². The Labute approximate surface area is 169 Å². The van der Waals surface area contributed by atoms with Gasteiger partial charge in [0.2, 0.25) is 16.9 Å². The van der Waals surface area contributed by atoms with Gasteiger partial charge in [-0.15, -0.1) is 5.10 Å². The zero-order valence-corrected chi connectivity index (χ0v) is 16.6. The van der Waals surface area contributed by atoms with Gasteiger partial charge in [0.1, 0.15) is 5.25 Å². The number of amides is 2. The van der Waals surface area contributed by atoms with E-state index in [0.717, 1.165) is 15.8 Å². The molecule has 1 aliphatic heterocycles. The van der Waals surface area contributed by atoms with E-state index in [4.69, 9.17) is 0 Å². The molecule has 2 amide bonds. The van der Waals surface area contributed by atoms with Crippen molar-refractivity contribution in [2.75, 3.05) is 10.7 Å². The Morgan fingerprint density at radius 3 is 2.79 bits per heavy atom. The number of rotatable bonds is 5. The molecule has 1 aromatic heterocycles. The minimum atomic E-state index is -0.513. The fraction of sp³-hybridized carbons (Fsp3) is 0.158. The van der Waals surface area contributed by atoms with E-state index in [1.54, 1.807) is 0 Å². The van der Waals surface area contributed by atoms with Gasteiger partial charge in [-0.3, -0.25) is 15.0 Å². The first-order valence-electron chi connectivity index (χ1n) is 8.60. The molecule has 4 rings (SSSR count). The van der Waals surface area contributed by atoms with Gasteiger partial charge in [0.05, 0.1) is 10.2 Å². The van der Waals surface area contributed by atoms with Crippen molar-refractivity contribution in [2.24, 2.45) is 5.10 Å². The van der Waals surface area contributed by atoms with Crippen LogP contribution in [0.15, 0.2) is 53.6 Å². The van der Waals surface area contributed by atoms with Gasteiger partial charge in [-0.2, -0.15) is 0 Å². The number of hydrazone groups is 1. The molecule has 1 unspecified atom stereocenters. The molecule has 3 N–H and O–H groups in total. The van der Waals surface area contributed by atoms with Crippen LogP contribution in [0.5, 0.6) is 0 Å². The van der Waals surface area contributed by atoms with Crippen molar-refractivity contribution in [1.29, 1.82) is 0 Å². The summed E-state index contributed by atoms with van der Waals surface area (Å²) in [6.07, 6.45) is 0.0739. The van der Waals surface area contributed by atoms with E-state index in [-0.39, 0.29) is 18.2 Å². The van der Waals surface area contributed by atoms with Gasteiger partial charge < -0.3 is 10.6 Å². The number of nitrogens with zero attached hydrogens (tertiary/aromatic N) is 2. The summed E-state index contributed by atoms with van der Waals surface area (Å²) >= 11 is 2.71. The lowest BCUT2D eigenvalue weighted by molar-refractivity contribution is -0.122. The highest BCUT2D eigenvalue weighted by molar-refractivity contribution is 8.15. The quantitative estimate of drug-likeness (QED) is 0.558. The molecule has 28 heavy (non-hydrogen) atoms. The Morgan fingerprint density at radius 1 is 1.21 bits per heavy atom. The number of amidine groups is 1. The minimum absolute atomic E-state index is 0.0739. The Morgan fingerprint density at radius 2 is 2.00 bits per heavy atom. The number of thiazole rings is 1. The van der Waals surface area contributed by atoms with Crippen molar-refractivity contribution in [1.82, 2.24) is 10.3 Å². The zero-order chi connectivity index (χ0) is 19.5. The Bertz CT molecular complexity index is 1030. The summed E-state index contributed by atoms with van der Waals surface area (Å²) in [4.78, 5) is 28.8. The molecule has 1 aliphatic rings. The van der Waals surface area contributed by atoms with Crippen molar-refractivity contribution in [3.63, 3.8) is 0 Å². The Balaban J connectivity index is 1.34. The smallest absolute Gasteiger partial charge is 0.240 e. The number of thioether (sulfide) groups is 1. The number of aryl methyl sites for hydroxylation is 1. The van der Waals surface area contributed by atoms with Crippen molar-refractivity contribution < 1.29 is 9.59 Å². The Hall–Kier alpha value is -2.91. The maximum atomic E-state index is 12.2. The number of benzene rings is 2. The highest BCUT2D eigenvalue weighted by atomic mass is 32.2. The summed E-state index contributed by atoms with van der Waals surface area (Å²) < 4.78 is 1.05. The molecule has 0 aliphatic carbocycles. The van der Waals surface area contributed by atoms with Gasteiger partial charge in [0.25, 0.3) is 0 Å². The lowest BCUT2D eigenvalue weighted by Crippen LogP contribution is -2.28. The fourth-order valence-electron chi connectivity index (χ4n) is 2.63. The van der Waals surface area contributed by atoms with Crippen molar-refractivity contribution in [3.8, 4) is 0 Å². The number of fused-ring (bicyclic) bond motifs is 1. The molecule has 2 heterocycles. The van der Waals surface area contributed by atoms with E-state index in [9.17, 15) is 9.59 Å². The molecule has 7 nitrogen and oxygen atoms in total. The van der Waals surface area contributed by atoms with E-state index in [2.05, 4.69) is 26.1 Å². The van der Waals surface area contributed by atoms with Gasteiger partial charge in [0, 0.05) is 12.1 Å². The average molecular weight is 412 g/mol. The number of carbonyl (C=O) groups excluding carboxylic acids is 2. The second-order valence-corrected chi connectivity index (χ2v) is 8.45. The highest BCUT2D eigenvalue weighted by Crippen LogP contribution is 2.27. The minimum Gasteiger partial charge on any atom is -0.326 e. The van der Waals surface area contributed by atoms with Crippen LogP contribution in [-0.2, 0) is 9.59 Å². The van der Waals surface area contributed by atoms with Crippen LogP contribution in [-0.4, -0.2) is 27.2 Å². The maximum Gasteiger partial charge on any atom is 0.240 e. The maximum absolute atomic E-state index is 12.2. The molecular weight excluding hydrogens is 394 g/mol. The third-order valence-corrected chi connectivity index (χ3v) is 6.05. The monoisotopic (exact) mass is 411 g/mol. The van der Waals surface area contributed by atoms with Gasteiger partial charge in [-0.05, 0) is 31.2 Å². The first-order valence-corrected chi connectivity index (χ1v) is 10.3. The van der Waals surface area contributed by atoms with Gasteiger partial charge >= 0.3 is 0 Å². The number of hydrogen-bond acceptors (Lipinski definition) is 7. The molecule has 0 spiro atoms. The largest absolute Gasteiger partial charge is 0.326 e. The summed E-state index contributed by atoms with van der Waals surface area (Å²) in [6.45, 7) is 1.98. The van der Waals surface area contributed by atoms with E-state index in [1.807, 2.05) is 55.5 Å². The molecule has 2 aromatic carbocycles. The summed E-state index contributed by atoms with van der Waals surface area (Å²) in [6, 6.07) is 15.3. The topological polar surface area (TPSA) is 95.5 Å². The van der Waals surface area contributed by atoms with Gasteiger partial charge in [0.15, 0.2) is 5.17 Å². The third kappa shape index (κ3) is 4.32. The normalized spacial score (nSPS) is 17.7. The molecule has 0 radical (unpaired) electrons. The Kier molecular flexibility index (Phi) is 5.27. The van der Waals surface area contributed by atoms with E-state index < -0.39 is 5.25 Å². The summed E-state index contributed by atoms with van der Waals surface area (Å²) in [7, 11) is 0. The molecular formula is C19H17N5O2S2. The van der Waals surface area contributed by atoms with Crippen LogP contribution in [0.3, 0.4) is 0 Å². The predicted molar refractivity (Wildman–Crippen MR) is 115 cm³/mol. The van der Waals surface area contributed by atoms with Crippen LogP contribution in [0.1, 0.15) is 12.0 Å². The number of hydrogen-bond donors (Lipinski definition) is 3. The van der Waals surface area contributed by atoms with Crippen LogP contribution < -0.4 is 16.1 Å². The van der Waals surface area contributed by atoms with Crippen molar-refractivity contribution in [3.05, 3.63) is 54.1 Å². The molecule has 142 valence electrons. The van der Waals surface area contributed by atoms with E-state index in [0.29, 0.717) is 16.0 Å². The van der Waals surface area contributed by atoms with Gasteiger partial charge in [-0.25, -0.2) is 4.98 Å². The summed E-state index contributed by atoms with van der Waals surface area (Å²) in [5, 5.41) is 10.3. The van der Waals surface area contributed by atoms with E-state index >= 15 is 0 Å². The average Bonchev–Trinajstić information content (AvgIpc) is 3.25. The van der Waals surface area contributed by atoms with Crippen LogP contribution in [0.4, 0.5) is 10.8 Å². The summed E-state index contributed by atoms with van der Waals surface area (Å²) in [5.74, 6) is -0.439. The standard InChI is InChI=1S/C19H17N5O2S2/c1-11-6-8-12(9-7-11)20-16(25)10-15-17(26)22-19(28-15)24-23-18-21-13-4-2-3-5-14(13)27-18/h2-9,15H,10H2,1H3,(H,20,25)(H,21,23)(H,22,24,26). The van der Waals surface area contributed by atoms with Gasteiger partial charge in [-0.1, -0.05) is 52.9 Å². The molecule has 1 atom stereocenters. The van der Waals surface area contributed by atoms with E-state index in [1.165, 1.54) is 23.1 Å². The highest BCUT2D eigenvalue weighted by Gasteiger charge is 2.32. The lowest BCUT2D eigenvalue weighted by atomic mass is 10.2. The predicted octanol–water partition coefficient (Wildman–Crippen LogP) is 3.55. The fourth-order valence-corrected chi connectivity index (χ4v) is 4.36. The van der Waals surface area contributed by atoms with Crippen LogP contribution in [0, 0.1) is 6.92 Å². The molecule has 3 aromatic rings. The molecule has 0 bridgehead atoms. The second-order valence-electron chi connectivity index (χ2n) is 6.23. The molecule has 1 fully saturated rings. The number of para-hydroxylation sites is 1. The van der Waals surface area contributed by atoms with Crippen molar-refractivity contribution in [2.45, 2.75) is 18.6 Å². The first-order chi connectivity index (χ1) is 13.6. The SMILES string of the molecule is Cc1ccc(NC(=O)CC2S/C(=N\Nc3nc4ccccc4s3)NC2=O)cc1. The zero-order valence-electron chi connectivity index (χ0n) is 14.9. The number of anilines is 2.